The maximum Gasteiger partial charge on any atom is 0.223 e. The summed E-state index contributed by atoms with van der Waals surface area (Å²) in [6.07, 6.45) is 1.32. The van der Waals surface area contributed by atoms with E-state index in [0.29, 0.717) is 6.42 Å². The molecule has 0 spiro atoms. The average molecular weight is 274 g/mol. The van der Waals surface area contributed by atoms with E-state index in [0.717, 1.165) is 6.42 Å². The number of nitrogens with zero attached hydrogens (tertiary/aromatic N) is 1. The van der Waals surface area contributed by atoms with E-state index in [-0.39, 0.29) is 23.5 Å². The lowest BCUT2D eigenvalue weighted by atomic mass is 9.83. The molecule has 0 bridgehead atoms. The molecular formula is C17H26N2O. The summed E-state index contributed by atoms with van der Waals surface area (Å²) in [5, 5.41) is 0. The summed E-state index contributed by atoms with van der Waals surface area (Å²) in [7, 11) is 0. The second-order valence-corrected chi connectivity index (χ2v) is 6.89. The number of carbonyl (C=O) groups excluding carboxylic acids is 1. The molecule has 1 fully saturated rings. The van der Waals surface area contributed by atoms with Crippen molar-refractivity contribution in [2.24, 2.45) is 5.73 Å². The molecule has 1 saturated heterocycles. The van der Waals surface area contributed by atoms with Crippen LogP contribution in [0.5, 0.6) is 0 Å². The van der Waals surface area contributed by atoms with Gasteiger partial charge in [-0.3, -0.25) is 4.79 Å². The standard InChI is InChI=1S/C17H26N2O/c1-11-7-6-8-12(2)15(11)16-13(18)9-10-14(20)19(16)17(3,4)5/h6-8,13,16H,9-10,18H2,1-5H3. The van der Waals surface area contributed by atoms with Crippen molar-refractivity contribution in [2.75, 3.05) is 0 Å². The molecular weight excluding hydrogens is 248 g/mol. The van der Waals surface area contributed by atoms with Crippen molar-refractivity contribution in [2.45, 2.75) is 65.1 Å². The van der Waals surface area contributed by atoms with Gasteiger partial charge in [0.2, 0.25) is 5.91 Å². The van der Waals surface area contributed by atoms with Crippen LogP contribution in [0.3, 0.4) is 0 Å². The highest BCUT2D eigenvalue weighted by Crippen LogP contribution is 2.38. The van der Waals surface area contributed by atoms with Crippen molar-refractivity contribution in [3.63, 3.8) is 0 Å². The van der Waals surface area contributed by atoms with Crippen LogP contribution < -0.4 is 5.73 Å². The minimum atomic E-state index is -0.214. The Balaban J connectivity index is 2.57. The molecule has 2 unspecified atom stereocenters. The highest BCUT2D eigenvalue weighted by atomic mass is 16.2. The van der Waals surface area contributed by atoms with Crippen molar-refractivity contribution < 1.29 is 4.79 Å². The Morgan fingerprint density at radius 1 is 1.20 bits per heavy atom. The maximum absolute atomic E-state index is 12.5. The molecule has 0 aliphatic carbocycles. The molecule has 1 aliphatic rings. The molecule has 2 rings (SSSR count). The average Bonchev–Trinajstić information content (AvgIpc) is 2.31. The highest BCUT2D eigenvalue weighted by Gasteiger charge is 2.41. The minimum Gasteiger partial charge on any atom is -0.329 e. The minimum absolute atomic E-state index is 0.00623. The molecule has 2 atom stereocenters. The van der Waals surface area contributed by atoms with Gasteiger partial charge in [0.15, 0.2) is 0 Å². The lowest BCUT2D eigenvalue weighted by Gasteiger charge is -2.48. The third-order valence-electron chi connectivity index (χ3n) is 4.20. The van der Waals surface area contributed by atoms with Crippen LogP contribution >= 0.6 is 0 Å². The normalized spacial score (nSPS) is 24.1. The van der Waals surface area contributed by atoms with Gasteiger partial charge >= 0.3 is 0 Å². The summed E-state index contributed by atoms with van der Waals surface area (Å²) >= 11 is 0. The third kappa shape index (κ3) is 2.59. The van der Waals surface area contributed by atoms with Crippen molar-refractivity contribution in [3.05, 3.63) is 34.9 Å². The van der Waals surface area contributed by atoms with E-state index in [1.54, 1.807) is 0 Å². The van der Waals surface area contributed by atoms with Crippen molar-refractivity contribution in [1.29, 1.82) is 0 Å². The summed E-state index contributed by atoms with van der Waals surface area (Å²) in [6, 6.07) is 6.26. The van der Waals surface area contributed by atoms with Crippen LogP contribution in [0.1, 0.15) is 56.3 Å². The van der Waals surface area contributed by atoms with Crippen molar-refractivity contribution >= 4 is 5.91 Å². The van der Waals surface area contributed by atoms with Crippen molar-refractivity contribution in [1.82, 2.24) is 4.90 Å². The number of hydrogen-bond acceptors (Lipinski definition) is 2. The Bertz CT molecular complexity index is 496. The number of benzene rings is 1. The lowest BCUT2D eigenvalue weighted by Crippen LogP contribution is -2.56. The number of amides is 1. The molecule has 0 saturated carbocycles. The molecule has 3 nitrogen and oxygen atoms in total. The van der Waals surface area contributed by atoms with E-state index in [1.165, 1.54) is 16.7 Å². The van der Waals surface area contributed by atoms with Gasteiger partial charge in [0.05, 0.1) is 6.04 Å². The van der Waals surface area contributed by atoms with Crippen LogP contribution in [0.4, 0.5) is 0 Å². The second kappa shape index (κ2) is 5.21. The zero-order chi connectivity index (χ0) is 15.1. The molecule has 2 N–H and O–H groups in total. The van der Waals surface area contributed by atoms with E-state index >= 15 is 0 Å². The van der Waals surface area contributed by atoms with E-state index < -0.39 is 0 Å². The first-order valence-corrected chi connectivity index (χ1v) is 7.37. The fourth-order valence-electron chi connectivity index (χ4n) is 3.34. The van der Waals surface area contributed by atoms with E-state index in [2.05, 4.69) is 52.8 Å². The Hall–Kier alpha value is -1.35. The molecule has 110 valence electrons. The third-order valence-corrected chi connectivity index (χ3v) is 4.20. The van der Waals surface area contributed by atoms with Gasteiger partial charge < -0.3 is 10.6 Å². The first-order chi connectivity index (χ1) is 9.23. The quantitative estimate of drug-likeness (QED) is 0.855. The molecule has 0 radical (unpaired) electrons. The summed E-state index contributed by atoms with van der Waals surface area (Å²) in [4.78, 5) is 14.5. The zero-order valence-corrected chi connectivity index (χ0v) is 13.2. The second-order valence-electron chi connectivity index (χ2n) is 6.89. The van der Waals surface area contributed by atoms with Crippen LogP contribution in [-0.2, 0) is 4.79 Å². The lowest BCUT2D eigenvalue weighted by molar-refractivity contribution is -0.144. The molecule has 1 aromatic rings. The Morgan fingerprint density at radius 3 is 2.25 bits per heavy atom. The number of aryl methyl sites for hydroxylation is 2. The smallest absolute Gasteiger partial charge is 0.223 e. The molecule has 1 aliphatic heterocycles. The fourth-order valence-corrected chi connectivity index (χ4v) is 3.34. The molecule has 20 heavy (non-hydrogen) atoms. The van der Waals surface area contributed by atoms with Crippen LogP contribution in [0, 0.1) is 13.8 Å². The van der Waals surface area contributed by atoms with Gasteiger partial charge in [-0.2, -0.15) is 0 Å². The van der Waals surface area contributed by atoms with Gasteiger partial charge in [-0.15, -0.1) is 0 Å². The number of nitrogens with two attached hydrogens (primary N) is 1. The maximum atomic E-state index is 12.5. The SMILES string of the molecule is Cc1cccc(C)c1C1C(N)CCC(=O)N1C(C)(C)C. The number of hydrogen-bond donors (Lipinski definition) is 1. The van der Waals surface area contributed by atoms with Crippen LogP contribution in [0.25, 0.3) is 0 Å². The van der Waals surface area contributed by atoms with Gasteiger partial charge in [0.25, 0.3) is 0 Å². The summed E-state index contributed by atoms with van der Waals surface area (Å²) in [5.74, 6) is 0.215. The highest BCUT2D eigenvalue weighted by molar-refractivity contribution is 5.79. The van der Waals surface area contributed by atoms with Gasteiger partial charge in [0.1, 0.15) is 0 Å². The van der Waals surface area contributed by atoms with E-state index in [9.17, 15) is 4.79 Å². The Labute approximate surface area is 122 Å². The van der Waals surface area contributed by atoms with E-state index in [4.69, 9.17) is 5.73 Å². The zero-order valence-electron chi connectivity index (χ0n) is 13.2. The number of piperidine rings is 1. The summed E-state index contributed by atoms with van der Waals surface area (Å²) in [5.41, 5.74) is 9.85. The predicted octanol–water partition coefficient (Wildman–Crippen LogP) is 3.09. The van der Waals surface area contributed by atoms with Crippen molar-refractivity contribution in [3.8, 4) is 0 Å². The molecule has 1 heterocycles. The van der Waals surface area contributed by atoms with Crippen LogP contribution in [0.15, 0.2) is 18.2 Å². The number of rotatable bonds is 1. The Kier molecular flexibility index (Phi) is 3.92. The molecule has 1 amide bonds. The monoisotopic (exact) mass is 274 g/mol. The first kappa shape index (κ1) is 15.0. The Morgan fingerprint density at radius 2 is 1.75 bits per heavy atom. The van der Waals surface area contributed by atoms with Gasteiger partial charge in [0, 0.05) is 18.0 Å². The number of likely N-dealkylation sites (tertiary alicyclic amines) is 1. The summed E-state index contributed by atoms with van der Waals surface area (Å²) < 4.78 is 0. The fraction of sp³-hybridized carbons (Fsp3) is 0.588. The van der Waals surface area contributed by atoms with Gasteiger partial charge in [-0.05, 0) is 57.7 Å². The predicted molar refractivity (Wildman–Crippen MR) is 82.5 cm³/mol. The van der Waals surface area contributed by atoms with Gasteiger partial charge in [-0.1, -0.05) is 18.2 Å². The van der Waals surface area contributed by atoms with Crippen LogP contribution in [-0.4, -0.2) is 22.4 Å². The molecule has 1 aromatic carbocycles. The van der Waals surface area contributed by atoms with E-state index in [1.807, 2.05) is 4.90 Å². The molecule has 3 heteroatoms. The van der Waals surface area contributed by atoms with Gasteiger partial charge in [-0.25, -0.2) is 0 Å². The summed E-state index contributed by atoms with van der Waals surface area (Å²) in [6.45, 7) is 10.5. The topological polar surface area (TPSA) is 46.3 Å². The molecule has 0 aromatic heterocycles. The van der Waals surface area contributed by atoms with Crippen LogP contribution in [0.2, 0.25) is 0 Å². The number of carbonyl (C=O) groups is 1. The largest absolute Gasteiger partial charge is 0.329 e. The first-order valence-electron chi connectivity index (χ1n) is 7.37.